The third-order valence-corrected chi connectivity index (χ3v) is 7.99. The molecule has 4 rings (SSSR count). The predicted molar refractivity (Wildman–Crippen MR) is 127 cm³/mol. The van der Waals surface area contributed by atoms with Crippen LogP contribution < -0.4 is 10.6 Å². The minimum Gasteiger partial charge on any atom is -0.293 e. The first-order valence-electron chi connectivity index (χ1n) is 10.2. The zero-order valence-corrected chi connectivity index (χ0v) is 18.1. The number of pyridine rings is 2. The SMILES string of the molecule is CN(CCc1ccccn1)C(c1ccccn1)P(c1ccccc1)c1ccccc1. The van der Waals surface area contributed by atoms with Crippen LogP contribution in [0.5, 0.6) is 0 Å². The Morgan fingerprint density at radius 3 is 1.80 bits per heavy atom. The number of aromatic nitrogens is 2. The van der Waals surface area contributed by atoms with E-state index in [4.69, 9.17) is 4.98 Å². The fraction of sp³-hybridized carbons (Fsp3) is 0.154. The fourth-order valence-electron chi connectivity index (χ4n) is 3.65. The largest absolute Gasteiger partial charge is 0.293 e. The van der Waals surface area contributed by atoms with Crippen molar-refractivity contribution in [2.24, 2.45) is 0 Å². The molecule has 4 aromatic rings. The van der Waals surface area contributed by atoms with E-state index in [1.165, 1.54) is 10.6 Å². The lowest BCUT2D eigenvalue weighted by Crippen LogP contribution is -2.31. The van der Waals surface area contributed by atoms with Gasteiger partial charge in [0.15, 0.2) is 0 Å². The van der Waals surface area contributed by atoms with Crippen molar-refractivity contribution in [3.05, 3.63) is 121 Å². The highest BCUT2D eigenvalue weighted by Crippen LogP contribution is 2.50. The van der Waals surface area contributed by atoms with Crippen LogP contribution >= 0.6 is 7.92 Å². The molecule has 0 aliphatic carbocycles. The molecular weight excluding hydrogens is 385 g/mol. The first-order valence-corrected chi connectivity index (χ1v) is 11.6. The van der Waals surface area contributed by atoms with Crippen LogP contribution in [0.25, 0.3) is 0 Å². The molecule has 0 fully saturated rings. The number of likely N-dealkylation sites (N-methyl/N-ethyl adjacent to an activating group) is 1. The van der Waals surface area contributed by atoms with E-state index in [9.17, 15) is 0 Å². The molecule has 0 spiro atoms. The second kappa shape index (κ2) is 10.2. The van der Waals surface area contributed by atoms with Crippen LogP contribution in [0.15, 0.2) is 109 Å². The second-order valence-corrected chi connectivity index (χ2v) is 9.48. The van der Waals surface area contributed by atoms with Gasteiger partial charge in [-0.05, 0) is 49.8 Å². The Morgan fingerprint density at radius 1 is 0.700 bits per heavy atom. The molecule has 30 heavy (non-hydrogen) atoms. The van der Waals surface area contributed by atoms with Crippen molar-refractivity contribution < 1.29 is 0 Å². The van der Waals surface area contributed by atoms with Gasteiger partial charge in [-0.25, -0.2) is 0 Å². The molecule has 0 bridgehead atoms. The third-order valence-electron chi connectivity index (χ3n) is 5.13. The molecule has 4 heteroatoms. The summed E-state index contributed by atoms with van der Waals surface area (Å²) in [6, 6.07) is 34.1. The monoisotopic (exact) mass is 411 g/mol. The highest BCUT2D eigenvalue weighted by Gasteiger charge is 2.30. The maximum Gasteiger partial charge on any atom is 0.0802 e. The molecule has 0 amide bonds. The van der Waals surface area contributed by atoms with Gasteiger partial charge in [0.25, 0.3) is 0 Å². The number of hydrogen-bond acceptors (Lipinski definition) is 3. The third kappa shape index (κ3) is 4.99. The summed E-state index contributed by atoms with van der Waals surface area (Å²) in [5.41, 5.74) is 2.23. The Kier molecular flexibility index (Phi) is 6.97. The van der Waals surface area contributed by atoms with Gasteiger partial charge in [0, 0.05) is 31.1 Å². The van der Waals surface area contributed by atoms with E-state index in [0.29, 0.717) is 0 Å². The topological polar surface area (TPSA) is 29.0 Å². The van der Waals surface area contributed by atoms with Crippen LogP contribution in [0.3, 0.4) is 0 Å². The minimum atomic E-state index is -0.667. The van der Waals surface area contributed by atoms with E-state index in [-0.39, 0.29) is 5.78 Å². The molecule has 1 unspecified atom stereocenters. The zero-order valence-electron chi connectivity index (χ0n) is 17.2. The van der Waals surface area contributed by atoms with Crippen LogP contribution in [0, 0.1) is 0 Å². The summed E-state index contributed by atoms with van der Waals surface area (Å²) in [5.74, 6) is 0.176. The minimum absolute atomic E-state index is 0.176. The summed E-state index contributed by atoms with van der Waals surface area (Å²) in [7, 11) is 1.54. The molecule has 150 valence electrons. The summed E-state index contributed by atoms with van der Waals surface area (Å²) in [4.78, 5) is 11.7. The van der Waals surface area contributed by atoms with Gasteiger partial charge in [-0.2, -0.15) is 0 Å². The highest BCUT2D eigenvalue weighted by molar-refractivity contribution is 7.73. The van der Waals surface area contributed by atoms with Gasteiger partial charge in [-0.1, -0.05) is 72.8 Å². The van der Waals surface area contributed by atoms with Crippen molar-refractivity contribution in [2.45, 2.75) is 12.2 Å². The van der Waals surface area contributed by atoms with Gasteiger partial charge in [0.05, 0.1) is 11.5 Å². The molecule has 0 radical (unpaired) electrons. The van der Waals surface area contributed by atoms with Gasteiger partial charge in [-0.15, -0.1) is 0 Å². The van der Waals surface area contributed by atoms with E-state index >= 15 is 0 Å². The molecule has 2 heterocycles. The lowest BCUT2D eigenvalue weighted by molar-refractivity contribution is 0.314. The number of nitrogens with zero attached hydrogens (tertiary/aromatic N) is 3. The van der Waals surface area contributed by atoms with E-state index in [1.807, 2.05) is 24.5 Å². The van der Waals surface area contributed by atoms with Gasteiger partial charge in [0.1, 0.15) is 0 Å². The second-order valence-electron chi connectivity index (χ2n) is 7.22. The lowest BCUT2D eigenvalue weighted by atomic mass is 10.2. The Bertz CT molecular complexity index is 972. The summed E-state index contributed by atoms with van der Waals surface area (Å²) < 4.78 is 0. The Hall–Kier alpha value is -2.87. The van der Waals surface area contributed by atoms with Crippen LogP contribution in [0.1, 0.15) is 17.2 Å². The van der Waals surface area contributed by atoms with Gasteiger partial charge in [0.2, 0.25) is 0 Å². The van der Waals surface area contributed by atoms with Crippen LogP contribution in [0.2, 0.25) is 0 Å². The molecule has 0 N–H and O–H groups in total. The molecule has 1 atom stereocenters. The molecule has 0 saturated carbocycles. The molecular formula is C26H26N3P. The van der Waals surface area contributed by atoms with E-state index < -0.39 is 7.92 Å². The maximum atomic E-state index is 4.79. The average molecular weight is 411 g/mol. The maximum absolute atomic E-state index is 4.79. The quantitative estimate of drug-likeness (QED) is 0.391. The van der Waals surface area contributed by atoms with Crippen molar-refractivity contribution in [1.82, 2.24) is 14.9 Å². The van der Waals surface area contributed by atoms with Gasteiger partial charge < -0.3 is 0 Å². The average Bonchev–Trinajstić information content (AvgIpc) is 2.83. The first-order chi connectivity index (χ1) is 14.8. The summed E-state index contributed by atoms with van der Waals surface area (Å²) in [6.45, 7) is 0.913. The van der Waals surface area contributed by atoms with Gasteiger partial charge >= 0.3 is 0 Å². The predicted octanol–water partition coefficient (Wildman–Crippen LogP) is 4.78. The molecule has 0 saturated heterocycles. The molecule has 0 aliphatic heterocycles. The highest BCUT2D eigenvalue weighted by atomic mass is 31.1. The van der Waals surface area contributed by atoms with Crippen molar-refractivity contribution in [3.63, 3.8) is 0 Å². The molecule has 2 aromatic heterocycles. The summed E-state index contributed by atoms with van der Waals surface area (Å²) in [6.07, 6.45) is 4.68. The van der Waals surface area contributed by atoms with Gasteiger partial charge in [-0.3, -0.25) is 14.9 Å². The van der Waals surface area contributed by atoms with Crippen LogP contribution in [-0.4, -0.2) is 28.5 Å². The van der Waals surface area contributed by atoms with Crippen molar-refractivity contribution in [2.75, 3.05) is 13.6 Å². The molecule has 2 aromatic carbocycles. The first kappa shape index (κ1) is 20.4. The van der Waals surface area contributed by atoms with E-state index in [0.717, 1.165) is 24.4 Å². The lowest BCUT2D eigenvalue weighted by Gasteiger charge is -2.35. The normalized spacial score (nSPS) is 12.2. The smallest absolute Gasteiger partial charge is 0.0802 e. The molecule has 3 nitrogen and oxygen atoms in total. The summed E-state index contributed by atoms with van der Waals surface area (Å²) in [5, 5.41) is 2.72. The van der Waals surface area contributed by atoms with Crippen LogP contribution in [-0.2, 0) is 6.42 Å². The standard InChI is InChI=1S/C26H26N3P/c1-29(21-18-22-12-8-10-19-27-22)26(25-17-9-11-20-28-25)30(23-13-4-2-5-14-23)24-15-6-3-7-16-24/h2-17,19-20,26H,18,21H2,1H3. The van der Waals surface area contributed by atoms with Crippen molar-refractivity contribution in [3.8, 4) is 0 Å². The van der Waals surface area contributed by atoms with E-state index in [1.54, 1.807) is 0 Å². The summed E-state index contributed by atoms with van der Waals surface area (Å²) >= 11 is 0. The Morgan fingerprint density at radius 2 is 1.27 bits per heavy atom. The number of benzene rings is 2. The fourth-order valence-corrected chi connectivity index (χ4v) is 6.43. The van der Waals surface area contributed by atoms with E-state index in [2.05, 4.69) is 102 Å². The molecule has 0 aliphatic rings. The number of rotatable bonds is 8. The van der Waals surface area contributed by atoms with Crippen molar-refractivity contribution >= 4 is 18.5 Å². The Labute approximate surface area is 180 Å². The Balaban J connectivity index is 1.72. The zero-order chi connectivity index (χ0) is 20.6. The number of hydrogen-bond donors (Lipinski definition) is 0. The van der Waals surface area contributed by atoms with Crippen molar-refractivity contribution in [1.29, 1.82) is 0 Å². The van der Waals surface area contributed by atoms with Crippen LogP contribution in [0.4, 0.5) is 0 Å².